The molecule has 4 heteroatoms. The molecule has 2 atom stereocenters. The molecular formula is C18H26N2O2. The summed E-state index contributed by atoms with van der Waals surface area (Å²) in [5.41, 5.74) is -0.823. The Balaban J connectivity index is 1.62. The van der Waals surface area contributed by atoms with E-state index in [1.54, 1.807) is 0 Å². The lowest BCUT2D eigenvalue weighted by atomic mass is 9.67. The molecule has 4 nitrogen and oxygen atoms in total. The van der Waals surface area contributed by atoms with Crippen LogP contribution in [0.5, 0.6) is 0 Å². The number of carbonyl (C=O) groups excluding carboxylic acids is 2. The predicted molar refractivity (Wildman–Crippen MR) is 86.1 cm³/mol. The van der Waals surface area contributed by atoms with Crippen LogP contribution in [0.1, 0.15) is 57.8 Å². The summed E-state index contributed by atoms with van der Waals surface area (Å²) in [5, 5.41) is 6.15. The number of hydrogen-bond acceptors (Lipinski definition) is 2. The van der Waals surface area contributed by atoms with Crippen LogP contribution >= 0.6 is 0 Å². The van der Waals surface area contributed by atoms with Gasteiger partial charge in [0.25, 0.3) is 0 Å². The van der Waals surface area contributed by atoms with Gasteiger partial charge in [-0.15, -0.1) is 0 Å². The zero-order valence-electron chi connectivity index (χ0n) is 13.1. The van der Waals surface area contributed by atoms with E-state index < -0.39 is 5.41 Å². The second kappa shape index (κ2) is 6.67. The summed E-state index contributed by atoms with van der Waals surface area (Å²) < 4.78 is 0. The first-order chi connectivity index (χ1) is 10.7. The second-order valence-electron chi connectivity index (χ2n) is 6.81. The number of hydrogen-bond donors (Lipinski definition) is 2. The fourth-order valence-electron chi connectivity index (χ4n) is 3.57. The van der Waals surface area contributed by atoms with E-state index >= 15 is 0 Å². The van der Waals surface area contributed by atoms with Gasteiger partial charge in [0.05, 0.1) is 0 Å². The highest BCUT2D eigenvalue weighted by Gasteiger charge is 2.51. The largest absolute Gasteiger partial charge is 0.349 e. The molecule has 0 bridgehead atoms. The SMILES string of the molecule is O=C(N[C@H]1C=CCCC1)C1(C(=O)N[C@H]2C=CCCC2)CCC1. The van der Waals surface area contributed by atoms with Gasteiger partial charge in [-0.2, -0.15) is 0 Å². The molecule has 120 valence electrons. The molecule has 0 aliphatic heterocycles. The molecule has 0 radical (unpaired) electrons. The van der Waals surface area contributed by atoms with Gasteiger partial charge in [0, 0.05) is 12.1 Å². The summed E-state index contributed by atoms with van der Waals surface area (Å²) in [6.45, 7) is 0. The molecule has 0 aromatic rings. The standard InChI is InChI=1S/C18H26N2O2/c21-16(19-14-8-3-1-4-9-14)18(12-7-13-18)17(22)20-15-10-5-2-6-11-15/h3,5,8,10,14-15H,1-2,4,6-7,9,11-13H2,(H,19,21)(H,20,22)/t14-,15-/m0/s1. The van der Waals surface area contributed by atoms with Crippen molar-refractivity contribution in [3.63, 3.8) is 0 Å². The topological polar surface area (TPSA) is 58.2 Å². The molecule has 2 N–H and O–H groups in total. The van der Waals surface area contributed by atoms with Gasteiger partial charge in [-0.3, -0.25) is 9.59 Å². The molecule has 0 spiro atoms. The van der Waals surface area contributed by atoms with Gasteiger partial charge in [-0.25, -0.2) is 0 Å². The smallest absolute Gasteiger partial charge is 0.236 e. The van der Waals surface area contributed by atoms with E-state index in [2.05, 4.69) is 34.9 Å². The first-order valence-electron chi connectivity index (χ1n) is 8.66. The molecule has 22 heavy (non-hydrogen) atoms. The van der Waals surface area contributed by atoms with Crippen molar-refractivity contribution in [3.05, 3.63) is 24.3 Å². The molecule has 0 heterocycles. The first kappa shape index (κ1) is 15.3. The van der Waals surface area contributed by atoms with Crippen LogP contribution < -0.4 is 10.6 Å². The van der Waals surface area contributed by atoms with Gasteiger partial charge in [0.15, 0.2) is 0 Å². The number of allylic oxidation sites excluding steroid dienone is 2. The quantitative estimate of drug-likeness (QED) is 0.619. The van der Waals surface area contributed by atoms with Gasteiger partial charge in [0.2, 0.25) is 11.8 Å². The number of rotatable bonds is 4. The summed E-state index contributed by atoms with van der Waals surface area (Å²) in [5.74, 6) is -0.153. The number of nitrogens with one attached hydrogen (secondary N) is 2. The Morgan fingerprint density at radius 1 is 0.818 bits per heavy atom. The van der Waals surface area contributed by atoms with Crippen LogP contribution in [0.2, 0.25) is 0 Å². The van der Waals surface area contributed by atoms with Crippen LogP contribution in [0, 0.1) is 5.41 Å². The summed E-state index contributed by atoms with van der Waals surface area (Å²) in [6, 6.07) is 0.196. The number of carbonyl (C=O) groups is 2. The van der Waals surface area contributed by atoms with E-state index in [1.165, 1.54) is 0 Å². The van der Waals surface area contributed by atoms with Crippen LogP contribution in [-0.4, -0.2) is 23.9 Å². The highest BCUT2D eigenvalue weighted by atomic mass is 16.2. The molecule has 3 aliphatic rings. The van der Waals surface area contributed by atoms with Crippen molar-refractivity contribution >= 4 is 11.8 Å². The van der Waals surface area contributed by atoms with Crippen molar-refractivity contribution in [3.8, 4) is 0 Å². The fourth-order valence-corrected chi connectivity index (χ4v) is 3.57. The molecule has 2 amide bonds. The Kier molecular flexibility index (Phi) is 4.65. The van der Waals surface area contributed by atoms with Gasteiger partial charge in [-0.05, 0) is 51.4 Å². The summed E-state index contributed by atoms with van der Waals surface area (Å²) >= 11 is 0. The Morgan fingerprint density at radius 2 is 1.32 bits per heavy atom. The van der Waals surface area contributed by atoms with Crippen molar-refractivity contribution in [1.29, 1.82) is 0 Å². The van der Waals surface area contributed by atoms with E-state index in [9.17, 15) is 9.59 Å². The minimum absolute atomic E-state index is 0.0763. The van der Waals surface area contributed by atoms with Crippen LogP contribution in [0.4, 0.5) is 0 Å². The summed E-state index contributed by atoms with van der Waals surface area (Å²) in [4.78, 5) is 25.3. The van der Waals surface area contributed by atoms with E-state index in [-0.39, 0.29) is 23.9 Å². The van der Waals surface area contributed by atoms with Crippen molar-refractivity contribution in [2.24, 2.45) is 5.41 Å². The maximum absolute atomic E-state index is 12.7. The van der Waals surface area contributed by atoms with E-state index in [1.807, 2.05) is 0 Å². The minimum Gasteiger partial charge on any atom is -0.349 e. The first-order valence-corrected chi connectivity index (χ1v) is 8.66. The third-order valence-corrected chi connectivity index (χ3v) is 5.22. The van der Waals surface area contributed by atoms with Crippen LogP contribution in [0.25, 0.3) is 0 Å². The maximum Gasteiger partial charge on any atom is 0.236 e. The fraction of sp³-hybridized carbons (Fsp3) is 0.667. The molecular weight excluding hydrogens is 276 g/mol. The lowest BCUT2D eigenvalue weighted by Crippen LogP contribution is -2.58. The highest BCUT2D eigenvalue weighted by molar-refractivity contribution is 6.06. The highest BCUT2D eigenvalue weighted by Crippen LogP contribution is 2.42. The van der Waals surface area contributed by atoms with Crippen LogP contribution in [-0.2, 0) is 9.59 Å². The Morgan fingerprint density at radius 3 is 1.64 bits per heavy atom. The van der Waals surface area contributed by atoms with Gasteiger partial charge < -0.3 is 10.6 Å². The molecule has 3 rings (SSSR count). The predicted octanol–water partition coefficient (Wildman–Crippen LogP) is 2.61. The van der Waals surface area contributed by atoms with E-state index in [0.717, 1.165) is 44.9 Å². The molecule has 1 saturated carbocycles. The molecule has 0 saturated heterocycles. The van der Waals surface area contributed by atoms with E-state index in [0.29, 0.717) is 12.8 Å². The molecule has 0 aromatic heterocycles. The number of amides is 2. The average Bonchev–Trinajstić information content (AvgIpc) is 2.48. The average molecular weight is 302 g/mol. The van der Waals surface area contributed by atoms with Gasteiger partial charge in [0.1, 0.15) is 5.41 Å². The molecule has 0 unspecified atom stereocenters. The minimum atomic E-state index is -0.823. The Hall–Kier alpha value is -1.58. The molecule has 3 aliphatic carbocycles. The van der Waals surface area contributed by atoms with Gasteiger partial charge in [-0.1, -0.05) is 30.7 Å². The van der Waals surface area contributed by atoms with E-state index in [4.69, 9.17) is 0 Å². The van der Waals surface area contributed by atoms with Crippen molar-refractivity contribution in [2.75, 3.05) is 0 Å². The zero-order valence-corrected chi connectivity index (χ0v) is 13.1. The molecule has 1 fully saturated rings. The lowest BCUT2D eigenvalue weighted by Gasteiger charge is -2.40. The summed E-state index contributed by atoms with van der Waals surface area (Å²) in [7, 11) is 0. The van der Waals surface area contributed by atoms with Gasteiger partial charge >= 0.3 is 0 Å². The lowest BCUT2D eigenvalue weighted by molar-refractivity contribution is -0.150. The second-order valence-corrected chi connectivity index (χ2v) is 6.81. The van der Waals surface area contributed by atoms with Crippen LogP contribution in [0.15, 0.2) is 24.3 Å². The molecule has 0 aromatic carbocycles. The summed E-state index contributed by atoms with van der Waals surface area (Å²) in [6.07, 6.45) is 17.0. The third kappa shape index (κ3) is 3.11. The zero-order chi connectivity index (χ0) is 15.4. The maximum atomic E-state index is 12.7. The van der Waals surface area contributed by atoms with Crippen LogP contribution in [0.3, 0.4) is 0 Å². The third-order valence-electron chi connectivity index (χ3n) is 5.22. The monoisotopic (exact) mass is 302 g/mol. The van der Waals surface area contributed by atoms with Crippen molar-refractivity contribution in [2.45, 2.75) is 69.9 Å². The normalized spacial score (nSPS) is 29.5. The van der Waals surface area contributed by atoms with Crippen molar-refractivity contribution in [1.82, 2.24) is 10.6 Å². The Bertz CT molecular complexity index is 451. The Labute approximate surface area is 132 Å². The van der Waals surface area contributed by atoms with Crippen molar-refractivity contribution < 1.29 is 9.59 Å².